The van der Waals surface area contributed by atoms with Gasteiger partial charge >= 0.3 is 0 Å². The van der Waals surface area contributed by atoms with E-state index in [2.05, 4.69) is 21.1 Å². The summed E-state index contributed by atoms with van der Waals surface area (Å²) < 4.78 is 0. The highest BCUT2D eigenvalue weighted by Crippen LogP contribution is 2.13. The van der Waals surface area contributed by atoms with E-state index >= 15 is 0 Å². The maximum absolute atomic E-state index is 6.11. The Labute approximate surface area is 196 Å². The van der Waals surface area contributed by atoms with Gasteiger partial charge in [0.05, 0.1) is 12.4 Å². The molecule has 0 spiro atoms. The largest absolute Gasteiger partial charge is 0.344 e. The molecule has 2 N–H and O–H groups in total. The fourth-order valence-corrected chi connectivity index (χ4v) is 3.57. The number of nitrogens with zero attached hydrogens (tertiary/aromatic N) is 4. The summed E-state index contributed by atoms with van der Waals surface area (Å²) in [7, 11) is 0. The van der Waals surface area contributed by atoms with E-state index in [4.69, 9.17) is 47.6 Å². The van der Waals surface area contributed by atoms with E-state index in [1.54, 1.807) is 12.4 Å². The number of hydrogen-bond donors (Lipinski definition) is 2. The van der Waals surface area contributed by atoms with Crippen LogP contribution in [-0.4, -0.2) is 58.6 Å². The first-order valence-corrected chi connectivity index (χ1v) is 10.8. The van der Waals surface area contributed by atoms with Gasteiger partial charge in [0.2, 0.25) is 0 Å². The summed E-state index contributed by atoms with van der Waals surface area (Å²) in [6, 6.07) is 15.0. The fraction of sp³-hybridized carbons (Fsp3) is 0.200. The fourth-order valence-electron chi connectivity index (χ4n) is 2.73. The second-order valence-electron chi connectivity index (χ2n) is 6.37. The van der Waals surface area contributed by atoms with Gasteiger partial charge in [-0.05, 0) is 36.6 Å². The molecule has 2 aromatic carbocycles. The Bertz CT molecular complexity index is 880. The van der Waals surface area contributed by atoms with Crippen LogP contribution in [0.4, 0.5) is 0 Å². The maximum atomic E-state index is 6.11. The van der Waals surface area contributed by atoms with Crippen LogP contribution in [0, 0.1) is 0 Å². The van der Waals surface area contributed by atoms with Crippen molar-refractivity contribution in [2.24, 2.45) is 10.2 Å². The zero-order valence-corrected chi connectivity index (χ0v) is 19.1. The number of hydrogen-bond acceptors (Lipinski definition) is 4. The molecule has 0 bridgehead atoms. The summed E-state index contributed by atoms with van der Waals surface area (Å²) in [6.45, 7) is 2.90. The van der Waals surface area contributed by atoms with E-state index in [1.807, 2.05) is 58.3 Å². The molecule has 10 heteroatoms. The van der Waals surface area contributed by atoms with Crippen LogP contribution in [0.15, 0.2) is 58.7 Å². The first-order valence-electron chi connectivity index (χ1n) is 9.19. The molecule has 3 rings (SSSR count). The third-order valence-electron chi connectivity index (χ3n) is 4.39. The maximum Gasteiger partial charge on any atom is 0.189 e. The predicted octanol–water partition coefficient (Wildman–Crippen LogP) is 3.73. The zero-order valence-electron chi connectivity index (χ0n) is 16.0. The number of rotatable bonds is 4. The Morgan fingerprint density at radius 3 is 1.47 bits per heavy atom. The molecule has 156 valence electrons. The normalized spacial score (nSPS) is 14.3. The molecule has 1 aliphatic rings. The third-order valence-corrected chi connectivity index (χ3v) is 5.78. The molecule has 0 radical (unpaired) electrons. The summed E-state index contributed by atoms with van der Waals surface area (Å²) in [5, 5.41) is 10.8. The van der Waals surface area contributed by atoms with E-state index in [9.17, 15) is 0 Å². The minimum Gasteiger partial charge on any atom is -0.344 e. The highest BCUT2D eigenvalue weighted by atomic mass is 35.5. The molecule has 30 heavy (non-hydrogen) atoms. The van der Waals surface area contributed by atoms with Gasteiger partial charge in [-0.2, -0.15) is 10.2 Å². The molecule has 2 aromatic rings. The quantitative estimate of drug-likeness (QED) is 0.396. The molecule has 1 fully saturated rings. The average molecular weight is 479 g/mol. The molecule has 1 saturated heterocycles. The van der Waals surface area contributed by atoms with Gasteiger partial charge in [-0.25, -0.2) is 0 Å². The second-order valence-corrected chi connectivity index (χ2v) is 7.96. The summed E-state index contributed by atoms with van der Waals surface area (Å²) in [5.41, 5.74) is 7.44. The number of halogens is 2. The summed E-state index contributed by atoms with van der Waals surface area (Å²) in [4.78, 5) is 4.09. The number of thiocarbonyl (C=S) groups is 2. The molecule has 1 heterocycles. The van der Waals surface area contributed by atoms with Gasteiger partial charge < -0.3 is 9.80 Å². The van der Waals surface area contributed by atoms with Gasteiger partial charge in [-0.1, -0.05) is 59.6 Å². The van der Waals surface area contributed by atoms with Crippen LogP contribution in [-0.2, 0) is 0 Å². The number of nitrogens with one attached hydrogen (secondary N) is 2. The van der Waals surface area contributed by atoms with Crippen LogP contribution in [0.2, 0.25) is 10.0 Å². The van der Waals surface area contributed by atoms with Crippen molar-refractivity contribution in [1.82, 2.24) is 20.7 Å². The van der Waals surface area contributed by atoms with E-state index in [1.165, 1.54) is 0 Å². The van der Waals surface area contributed by atoms with Crippen LogP contribution in [0.5, 0.6) is 0 Å². The molecule has 6 nitrogen and oxygen atoms in total. The molecule has 0 unspecified atom stereocenters. The first kappa shape index (κ1) is 22.4. The topological polar surface area (TPSA) is 55.3 Å². The van der Waals surface area contributed by atoms with Gasteiger partial charge in [0.25, 0.3) is 0 Å². The van der Waals surface area contributed by atoms with Crippen LogP contribution in [0.1, 0.15) is 11.1 Å². The van der Waals surface area contributed by atoms with Crippen molar-refractivity contribution in [1.29, 1.82) is 0 Å². The number of benzene rings is 2. The summed E-state index contributed by atoms with van der Waals surface area (Å²) >= 11 is 23.1. The highest BCUT2D eigenvalue weighted by molar-refractivity contribution is 7.80. The van der Waals surface area contributed by atoms with Crippen molar-refractivity contribution in [2.45, 2.75) is 0 Å². The Kier molecular flexibility index (Phi) is 8.39. The lowest BCUT2D eigenvalue weighted by Crippen LogP contribution is -2.53. The van der Waals surface area contributed by atoms with Gasteiger partial charge in [0, 0.05) is 47.4 Å². The van der Waals surface area contributed by atoms with Crippen LogP contribution in [0.25, 0.3) is 0 Å². The second kappa shape index (κ2) is 11.2. The molecule has 0 amide bonds. The summed E-state index contributed by atoms with van der Waals surface area (Å²) in [6.07, 6.45) is 3.31. The first-order chi connectivity index (χ1) is 14.5. The monoisotopic (exact) mass is 478 g/mol. The lowest BCUT2D eigenvalue weighted by Gasteiger charge is -2.36. The molecule has 0 aliphatic carbocycles. The van der Waals surface area contributed by atoms with Gasteiger partial charge in [0.15, 0.2) is 10.2 Å². The molecular formula is C20H20Cl2N6S2. The Morgan fingerprint density at radius 1 is 0.733 bits per heavy atom. The van der Waals surface area contributed by atoms with Gasteiger partial charge in [-0.3, -0.25) is 10.9 Å². The predicted molar refractivity (Wildman–Crippen MR) is 133 cm³/mol. The van der Waals surface area contributed by atoms with E-state index < -0.39 is 0 Å². The van der Waals surface area contributed by atoms with Gasteiger partial charge in [-0.15, -0.1) is 0 Å². The SMILES string of the molecule is S=C(N/N=C/c1ccccc1Cl)N1CCN(C(=S)N/N=C/c2ccccc2Cl)CC1. The zero-order chi connectivity index (χ0) is 21.3. The van der Waals surface area contributed by atoms with Crippen LogP contribution < -0.4 is 10.9 Å². The number of piperazine rings is 1. The molecule has 0 aromatic heterocycles. The number of hydrazone groups is 2. The standard InChI is InChI=1S/C20H20Cl2N6S2/c21-17-7-3-1-5-15(17)13-23-25-19(29)27-9-11-28(12-10-27)20(30)26-24-14-16-6-2-4-8-18(16)22/h1-8,13-14H,9-12H2,(H,25,29)(H,26,30)/b23-13+,24-14+. The van der Waals surface area contributed by atoms with Crippen LogP contribution >= 0.6 is 47.6 Å². The van der Waals surface area contributed by atoms with Crippen molar-refractivity contribution in [3.63, 3.8) is 0 Å². The lowest BCUT2D eigenvalue weighted by molar-refractivity contribution is 0.255. The van der Waals surface area contributed by atoms with Crippen molar-refractivity contribution < 1.29 is 0 Å². The van der Waals surface area contributed by atoms with E-state index in [0.717, 1.165) is 37.3 Å². The average Bonchev–Trinajstić information content (AvgIpc) is 2.76. The van der Waals surface area contributed by atoms with Crippen molar-refractivity contribution >= 4 is 70.3 Å². The molecule has 1 aliphatic heterocycles. The van der Waals surface area contributed by atoms with E-state index in [-0.39, 0.29) is 0 Å². The van der Waals surface area contributed by atoms with Crippen LogP contribution in [0.3, 0.4) is 0 Å². The Morgan fingerprint density at radius 2 is 1.10 bits per heavy atom. The molecule has 0 atom stereocenters. The van der Waals surface area contributed by atoms with Gasteiger partial charge in [0.1, 0.15) is 0 Å². The smallest absolute Gasteiger partial charge is 0.189 e. The summed E-state index contributed by atoms with van der Waals surface area (Å²) in [5.74, 6) is 0. The minimum absolute atomic E-state index is 0.563. The third kappa shape index (κ3) is 6.37. The lowest BCUT2D eigenvalue weighted by atomic mass is 10.2. The van der Waals surface area contributed by atoms with Crippen molar-refractivity contribution in [3.8, 4) is 0 Å². The minimum atomic E-state index is 0.563. The Balaban J connectivity index is 1.42. The Hall–Kier alpha value is -2.26. The molecule has 0 saturated carbocycles. The highest BCUT2D eigenvalue weighted by Gasteiger charge is 2.20. The van der Waals surface area contributed by atoms with Crippen molar-refractivity contribution in [3.05, 3.63) is 69.7 Å². The van der Waals surface area contributed by atoms with E-state index in [0.29, 0.717) is 20.3 Å². The molecular weight excluding hydrogens is 459 g/mol. The van der Waals surface area contributed by atoms with Crippen molar-refractivity contribution in [2.75, 3.05) is 26.2 Å².